The summed E-state index contributed by atoms with van der Waals surface area (Å²) < 4.78 is 0. The van der Waals surface area contributed by atoms with Crippen molar-refractivity contribution in [3.8, 4) is 0 Å². The van der Waals surface area contributed by atoms with Crippen molar-refractivity contribution in [2.75, 3.05) is 11.9 Å². The summed E-state index contributed by atoms with van der Waals surface area (Å²) >= 11 is 0. The molecule has 0 unspecified atom stereocenters. The maximum Gasteiger partial charge on any atom is 0.307 e. The molecular weight excluding hydrogens is 232 g/mol. The number of hydrogen-bond acceptors (Lipinski definition) is 3. The number of carboxylic acid groups (broad SMARTS) is 1. The van der Waals surface area contributed by atoms with E-state index >= 15 is 0 Å². The van der Waals surface area contributed by atoms with Crippen LogP contribution >= 0.6 is 0 Å². The minimum atomic E-state index is -0.935. The van der Waals surface area contributed by atoms with Gasteiger partial charge in [0.2, 0.25) is 5.91 Å². The Bertz CT molecular complexity index is 455. The molecule has 1 aromatic carbocycles. The Kier molecular flexibility index (Phi) is 4.44. The van der Waals surface area contributed by atoms with Crippen LogP contribution in [0.4, 0.5) is 5.69 Å². The Morgan fingerprint density at radius 3 is 2.50 bits per heavy atom. The van der Waals surface area contributed by atoms with Gasteiger partial charge in [-0.05, 0) is 25.5 Å². The summed E-state index contributed by atoms with van der Waals surface area (Å²) in [5, 5.41) is 11.5. The van der Waals surface area contributed by atoms with Crippen LogP contribution in [0.3, 0.4) is 0 Å². The molecule has 98 valence electrons. The first kappa shape index (κ1) is 14.2. The molecule has 18 heavy (non-hydrogen) atoms. The lowest BCUT2D eigenvalue weighted by Gasteiger charge is -2.22. The van der Waals surface area contributed by atoms with Gasteiger partial charge in [0.1, 0.15) is 0 Å². The highest BCUT2D eigenvalue weighted by Crippen LogP contribution is 2.20. The smallest absolute Gasteiger partial charge is 0.307 e. The lowest BCUT2D eigenvalue weighted by atomic mass is 9.92. The molecule has 0 atom stereocenters. The molecule has 5 nitrogen and oxygen atoms in total. The van der Waals surface area contributed by atoms with Crippen LogP contribution in [0.1, 0.15) is 19.4 Å². The predicted octanol–water partition coefficient (Wildman–Crippen LogP) is 1.24. The number of nitrogens with one attached hydrogen (secondary N) is 1. The molecule has 0 aliphatic heterocycles. The topological polar surface area (TPSA) is 92.4 Å². The molecule has 0 saturated heterocycles. The van der Waals surface area contributed by atoms with E-state index < -0.39 is 11.4 Å². The zero-order chi connectivity index (χ0) is 13.8. The minimum Gasteiger partial charge on any atom is -0.481 e. The van der Waals surface area contributed by atoms with Gasteiger partial charge >= 0.3 is 5.97 Å². The number of para-hydroxylation sites is 1. The van der Waals surface area contributed by atoms with Crippen LogP contribution in [0, 0.1) is 5.41 Å². The number of carbonyl (C=O) groups excluding carboxylic acids is 1. The molecule has 0 aliphatic carbocycles. The summed E-state index contributed by atoms with van der Waals surface area (Å²) in [7, 11) is 0. The Labute approximate surface area is 106 Å². The number of aliphatic carboxylic acids is 1. The van der Waals surface area contributed by atoms with E-state index in [1.165, 1.54) is 0 Å². The molecule has 0 heterocycles. The van der Waals surface area contributed by atoms with Crippen LogP contribution in [0.15, 0.2) is 24.3 Å². The first-order valence-electron chi connectivity index (χ1n) is 5.68. The van der Waals surface area contributed by atoms with Crippen LogP contribution in [0.5, 0.6) is 0 Å². The average molecular weight is 250 g/mol. The van der Waals surface area contributed by atoms with Gasteiger partial charge in [0, 0.05) is 12.2 Å². The SMILES string of the molecule is CC(C)(CN)C(=O)Nc1ccccc1CC(=O)O. The molecule has 1 aromatic rings. The number of carbonyl (C=O) groups is 2. The van der Waals surface area contributed by atoms with E-state index in [1.54, 1.807) is 38.1 Å². The molecule has 0 saturated carbocycles. The van der Waals surface area contributed by atoms with Crippen molar-refractivity contribution in [1.29, 1.82) is 0 Å². The molecule has 0 aromatic heterocycles. The van der Waals surface area contributed by atoms with Gasteiger partial charge in [-0.25, -0.2) is 0 Å². The highest BCUT2D eigenvalue weighted by Gasteiger charge is 2.26. The van der Waals surface area contributed by atoms with Crippen molar-refractivity contribution in [3.05, 3.63) is 29.8 Å². The number of benzene rings is 1. The van der Waals surface area contributed by atoms with Crippen molar-refractivity contribution in [1.82, 2.24) is 0 Å². The van der Waals surface area contributed by atoms with E-state index in [0.29, 0.717) is 11.3 Å². The largest absolute Gasteiger partial charge is 0.481 e. The van der Waals surface area contributed by atoms with Crippen LogP contribution in [0.25, 0.3) is 0 Å². The van der Waals surface area contributed by atoms with Gasteiger partial charge in [0.05, 0.1) is 11.8 Å². The fourth-order valence-electron chi connectivity index (χ4n) is 1.34. The Morgan fingerprint density at radius 1 is 1.33 bits per heavy atom. The van der Waals surface area contributed by atoms with Crippen molar-refractivity contribution >= 4 is 17.6 Å². The first-order chi connectivity index (χ1) is 8.36. The van der Waals surface area contributed by atoms with Crippen LogP contribution in [-0.2, 0) is 16.0 Å². The Balaban J connectivity index is 2.91. The standard InChI is InChI=1S/C13H18N2O3/c1-13(2,8-14)12(18)15-10-6-4-3-5-9(10)7-11(16)17/h3-6H,7-8,14H2,1-2H3,(H,15,18)(H,16,17). The zero-order valence-corrected chi connectivity index (χ0v) is 10.6. The average Bonchev–Trinajstić information content (AvgIpc) is 2.31. The molecule has 1 rings (SSSR count). The van der Waals surface area contributed by atoms with E-state index in [2.05, 4.69) is 5.32 Å². The molecule has 0 radical (unpaired) electrons. The second kappa shape index (κ2) is 5.64. The summed E-state index contributed by atoms with van der Waals surface area (Å²) in [6.45, 7) is 3.70. The number of hydrogen-bond donors (Lipinski definition) is 3. The third-order valence-corrected chi connectivity index (χ3v) is 2.73. The van der Waals surface area contributed by atoms with Crippen LogP contribution in [0.2, 0.25) is 0 Å². The van der Waals surface area contributed by atoms with Crippen LogP contribution in [-0.4, -0.2) is 23.5 Å². The quantitative estimate of drug-likeness (QED) is 0.733. The molecule has 0 spiro atoms. The minimum absolute atomic E-state index is 0.125. The van der Waals surface area contributed by atoms with Crippen molar-refractivity contribution < 1.29 is 14.7 Å². The summed E-state index contributed by atoms with van der Waals surface area (Å²) in [6.07, 6.45) is -0.125. The second-order valence-corrected chi connectivity index (χ2v) is 4.77. The Morgan fingerprint density at radius 2 is 1.94 bits per heavy atom. The molecular formula is C13H18N2O3. The number of anilines is 1. The monoisotopic (exact) mass is 250 g/mol. The number of rotatable bonds is 5. The highest BCUT2D eigenvalue weighted by atomic mass is 16.4. The third kappa shape index (κ3) is 3.56. The molecule has 4 N–H and O–H groups in total. The summed E-state index contributed by atoms with van der Waals surface area (Å²) in [5.41, 5.74) is 5.94. The van der Waals surface area contributed by atoms with Gasteiger partial charge in [0.15, 0.2) is 0 Å². The molecule has 1 amide bonds. The third-order valence-electron chi connectivity index (χ3n) is 2.73. The lowest BCUT2D eigenvalue weighted by molar-refractivity contribution is -0.136. The summed E-state index contributed by atoms with van der Waals surface area (Å²) in [4.78, 5) is 22.7. The maximum atomic E-state index is 12.0. The molecule has 0 bridgehead atoms. The fourth-order valence-corrected chi connectivity index (χ4v) is 1.34. The van der Waals surface area contributed by atoms with E-state index in [4.69, 9.17) is 10.8 Å². The van der Waals surface area contributed by atoms with Gasteiger partial charge < -0.3 is 16.2 Å². The number of amides is 1. The summed E-state index contributed by atoms with van der Waals surface area (Å²) in [5.74, 6) is -1.15. The van der Waals surface area contributed by atoms with E-state index in [1.807, 2.05) is 0 Å². The van der Waals surface area contributed by atoms with E-state index in [9.17, 15) is 9.59 Å². The van der Waals surface area contributed by atoms with E-state index in [-0.39, 0.29) is 18.9 Å². The molecule has 0 aliphatic rings. The van der Waals surface area contributed by atoms with Crippen LogP contribution < -0.4 is 11.1 Å². The predicted molar refractivity (Wildman–Crippen MR) is 69.2 cm³/mol. The van der Waals surface area contributed by atoms with Gasteiger partial charge in [-0.1, -0.05) is 18.2 Å². The zero-order valence-electron chi connectivity index (χ0n) is 10.6. The van der Waals surface area contributed by atoms with Crippen molar-refractivity contribution in [2.45, 2.75) is 20.3 Å². The first-order valence-corrected chi connectivity index (χ1v) is 5.68. The Hall–Kier alpha value is -1.88. The van der Waals surface area contributed by atoms with Gasteiger partial charge in [-0.3, -0.25) is 9.59 Å². The van der Waals surface area contributed by atoms with Gasteiger partial charge in [-0.2, -0.15) is 0 Å². The number of nitrogens with two attached hydrogens (primary N) is 1. The highest BCUT2D eigenvalue weighted by molar-refractivity contribution is 5.96. The van der Waals surface area contributed by atoms with Gasteiger partial charge in [0.25, 0.3) is 0 Å². The molecule has 5 heteroatoms. The fraction of sp³-hybridized carbons (Fsp3) is 0.385. The van der Waals surface area contributed by atoms with Crippen molar-refractivity contribution in [3.63, 3.8) is 0 Å². The normalized spacial score (nSPS) is 11.1. The second-order valence-electron chi connectivity index (χ2n) is 4.77. The number of carboxylic acids is 1. The maximum absolute atomic E-state index is 12.0. The van der Waals surface area contributed by atoms with E-state index in [0.717, 1.165) is 0 Å². The van der Waals surface area contributed by atoms with Gasteiger partial charge in [-0.15, -0.1) is 0 Å². The molecule has 0 fully saturated rings. The lowest BCUT2D eigenvalue weighted by Crippen LogP contribution is -2.37. The summed E-state index contributed by atoms with van der Waals surface area (Å²) in [6, 6.07) is 6.85. The van der Waals surface area contributed by atoms with Crippen molar-refractivity contribution in [2.24, 2.45) is 11.1 Å².